The first kappa shape index (κ1) is 18.4. The third-order valence-corrected chi connectivity index (χ3v) is 4.79. The summed E-state index contributed by atoms with van der Waals surface area (Å²) in [6, 6.07) is 13.7. The van der Waals surface area contributed by atoms with Gasteiger partial charge in [0.1, 0.15) is 11.9 Å². The van der Waals surface area contributed by atoms with Crippen molar-refractivity contribution >= 4 is 51.4 Å². The van der Waals surface area contributed by atoms with Gasteiger partial charge in [0.15, 0.2) is 5.01 Å². The van der Waals surface area contributed by atoms with E-state index in [0.29, 0.717) is 25.9 Å². The highest BCUT2D eigenvalue weighted by molar-refractivity contribution is 7.15. The molecule has 0 aliphatic carbocycles. The number of nitrogens with zero attached hydrogens (tertiary/aromatic N) is 2. The first-order valence-electron chi connectivity index (χ1n) is 7.59. The van der Waals surface area contributed by atoms with Crippen molar-refractivity contribution in [2.75, 3.05) is 10.6 Å². The number of para-hydroxylation sites is 1. The monoisotopic (exact) mass is 408 g/mol. The number of ether oxygens (including phenoxy) is 1. The molecule has 3 aromatic rings. The molecule has 1 atom stereocenters. The summed E-state index contributed by atoms with van der Waals surface area (Å²) in [5.41, 5.74) is 0.444. The highest BCUT2D eigenvalue weighted by Gasteiger charge is 2.15. The predicted molar refractivity (Wildman–Crippen MR) is 104 cm³/mol. The molecule has 0 spiro atoms. The number of urea groups is 1. The molecule has 1 aromatic heterocycles. The van der Waals surface area contributed by atoms with Crippen molar-refractivity contribution in [2.45, 2.75) is 13.0 Å². The Kier molecular flexibility index (Phi) is 5.92. The summed E-state index contributed by atoms with van der Waals surface area (Å²) in [4.78, 5) is 12.1. The average molecular weight is 409 g/mol. The fourth-order valence-corrected chi connectivity index (χ4v) is 3.22. The van der Waals surface area contributed by atoms with Crippen LogP contribution in [0.2, 0.25) is 10.0 Å². The van der Waals surface area contributed by atoms with Crippen molar-refractivity contribution in [3.8, 4) is 5.75 Å². The second kappa shape index (κ2) is 8.35. The molecule has 0 fully saturated rings. The molecule has 0 saturated heterocycles. The lowest BCUT2D eigenvalue weighted by atomic mass is 10.3. The van der Waals surface area contributed by atoms with Gasteiger partial charge in [-0.1, -0.05) is 52.7 Å². The average Bonchev–Trinajstić information content (AvgIpc) is 3.07. The second-order valence-corrected chi connectivity index (χ2v) is 7.07. The van der Waals surface area contributed by atoms with E-state index in [-0.39, 0.29) is 6.10 Å². The zero-order valence-electron chi connectivity index (χ0n) is 13.6. The normalized spacial score (nSPS) is 11.7. The maximum absolute atomic E-state index is 12.1. The van der Waals surface area contributed by atoms with Gasteiger partial charge in [0.2, 0.25) is 5.13 Å². The number of anilines is 2. The fraction of sp³-hybridized carbons (Fsp3) is 0.118. The van der Waals surface area contributed by atoms with Crippen molar-refractivity contribution in [3.05, 3.63) is 63.6 Å². The van der Waals surface area contributed by atoms with Crippen LogP contribution in [0.3, 0.4) is 0 Å². The lowest BCUT2D eigenvalue weighted by Gasteiger charge is -2.11. The molecule has 2 amide bonds. The Balaban J connectivity index is 1.60. The van der Waals surface area contributed by atoms with Crippen LogP contribution in [0.5, 0.6) is 5.75 Å². The molecule has 1 heterocycles. The van der Waals surface area contributed by atoms with E-state index < -0.39 is 6.03 Å². The Hall–Kier alpha value is -2.35. The van der Waals surface area contributed by atoms with Gasteiger partial charge in [0.05, 0.1) is 10.7 Å². The molecule has 134 valence electrons. The molecule has 0 bridgehead atoms. The van der Waals surface area contributed by atoms with Crippen LogP contribution >= 0.6 is 34.5 Å². The van der Waals surface area contributed by atoms with Gasteiger partial charge in [-0.05, 0) is 37.3 Å². The van der Waals surface area contributed by atoms with Crippen molar-refractivity contribution in [2.24, 2.45) is 0 Å². The molecule has 26 heavy (non-hydrogen) atoms. The highest BCUT2D eigenvalue weighted by atomic mass is 35.5. The summed E-state index contributed by atoms with van der Waals surface area (Å²) in [6.07, 6.45) is -0.292. The van der Waals surface area contributed by atoms with Gasteiger partial charge in [-0.2, -0.15) is 0 Å². The Morgan fingerprint density at radius 2 is 1.88 bits per heavy atom. The van der Waals surface area contributed by atoms with Crippen LogP contribution in [0.15, 0.2) is 48.5 Å². The Labute approximate surface area is 164 Å². The Morgan fingerprint density at radius 1 is 1.12 bits per heavy atom. The van der Waals surface area contributed by atoms with E-state index in [0.717, 1.165) is 5.75 Å². The van der Waals surface area contributed by atoms with Crippen LogP contribution < -0.4 is 15.4 Å². The number of halogens is 2. The smallest absolute Gasteiger partial charge is 0.325 e. The van der Waals surface area contributed by atoms with Crippen molar-refractivity contribution < 1.29 is 9.53 Å². The minimum Gasteiger partial charge on any atom is -0.483 e. The lowest BCUT2D eigenvalue weighted by molar-refractivity contribution is 0.225. The highest BCUT2D eigenvalue weighted by Crippen LogP contribution is 2.27. The first-order valence-corrected chi connectivity index (χ1v) is 9.16. The minimum atomic E-state index is -0.478. The number of rotatable bonds is 5. The maximum atomic E-state index is 12.1. The van der Waals surface area contributed by atoms with Gasteiger partial charge in [-0.25, -0.2) is 4.79 Å². The quantitative estimate of drug-likeness (QED) is 0.573. The van der Waals surface area contributed by atoms with Crippen molar-refractivity contribution in [1.82, 2.24) is 10.2 Å². The number of carbonyl (C=O) groups excluding carboxylic acids is 1. The lowest BCUT2D eigenvalue weighted by Crippen LogP contribution is -2.19. The number of aromatic nitrogens is 2. The van der Waals surface area contributed by atoms with Crippen LogP contribution in [0.4, 0.5) is 15.6 Å². The van der Waals surface area contributed by atoms with Gasteiger partial charge in [0, 0.05) is 5.02 Å². The molecule has 0 aliphatic heterocycles. The molecular weight excluding hydrogens is 395 g/mol. The fourth-order valence-electron chi connectivity index (χ4n) is 2.04. The van der Waals surface area contributed by atoms with E-state index in [4.69, 9.17) is 27.9 Å². The summed E-state index contributed by atoms with van der Waals surface area (Å²) in [5.74, 6) is 0.736. The van der Waals surface area contributed by atoms with Gasteiger partial charge < -0.3 is 10.1 Å². The molecule has 3 rings (SSSR count). The van der Waals surface area contributed by atoms with Crippen LogP contribution in [-0.4, -0.2) is 16.2 Å². The Morgan fingerprint density at radius 3 is 2.62 bits per heavy atom. The zero-order valence-corrected chi connectivity index (χ0v) is 15.9. The number of hydrogen-bond acceptors (Lipinski definition) is 5. The van der Waals surface area contributed by atoms with E-state index in [9.17, 15) is 4.79 Å². The van der Waals surface area contributed by atoms with E-state index in [1.807, 2.05) is 37.3 Å². The second-order valence-electron chi connectivity index (χ2n) is 5.22. The third-order valence-electron chi connectivity index (χ3n) is 3.24. The molecule has 0 aliphatic rings. The molecule has 6 nitrogen and oxygen atoms in total. The first-order chi connectivity index (χ1) is 12.5. The van der Waals surface area contributed by atoms with E-state index in [1.165, 1.54) is 11.3 Å². The minimum absolute atomic E-state index is 0.292. The van der Waals surface area contributed by atoms with Crippen LogP contribution in [-0.2, 0) is 0 Å². The van der Waals surface area contributed by atoms with Crippen LogP contribution in [0.1, 0.15) is 18.0 Å². The standard InChI is InChI=1S/C17H14Cl2N4O2S/c1-10(25-12-5-3-2-4-6-12)15-22-23-17(26-15)21-16(24)20-14-8-7-11(18)9-13(14)19/h2-10H,1H3,(H2,20,21,23,24). The molecular formula is C17H14Cl2N4O2S. The molecule has 9 heteroatoms. The Bertz CT molecular complexity index is 905. The molecule has 1 unspecified atom stereocenters. The molecule has 2 N–H and O–H groups in total. The summed E-state index contributed by atoms with van der Waals surface area (Å²) in [5, 5.41) is 15.1. The van der Waals surface area contributed by atoms with Crippen molar-refractivity contribution in [3.63, 3.8) is 0 Å². The number of amides is 2. The van der Waals surface area contributed by atoms with Crippen LogP contribution in [0, 0.1) is 0 Å². The predicted octanol–water partition coefficient (Wildman–Crippen LogP) is 5.63. The third kappa shape index (κ3) is 4.85. The van der Waals surface area contributed by atoms with E-state index in [2.05, 4.69) is 20.8 Å². The summed E-state index contributed by atoms with van der Waals surface area (Å²) < 4.78 is 5.79. The van der Waals surface area contributed by atoms with Crippen molar-refractivity contribution in [1.29, 1.82) is 0 Å². The van der Waals surface area contributed by atoms with Crippen LogP contribution in [0.25, 0.3) is 0 Å². The largest absolute Gasteiger partial charge is 0.483 e. The SMILES string of the molecule is CC(Oc1ccccc1)c1nnc(NC(=O)Nc2ccc(Cl)cc2Cl)s1. The summed E-state index contributed by atoms with van der Waals surface area (Å²) in [7, 11) is 0. The van der Waals surface area contributed by atoms with Gasteiger partial charge in [0.25, 0.3) is 0 Å². The maximum Gasteiger partial charge on any atom is 0.325 e. The van der Waals surface area contributed by atoms with E-state index in [1.54, 1.807) is 18.2 Å². The van der Waals surface area contributed by atoms with Gasteiger partial charge >= 0.3 is 6.03 Å². The topological polar surface area (TPSA) is 76.1 Å². The number of carbonyl (C=O) groups is 1. The molecule has 0 radical (unpaired) electrons. The van der Waals surface area contributed by atoms with Gasteiger partial charge in [-0.15, -0.1) is 10.2 Å². The summed E-state index contributed by atoms with van der Waals surface area (Å²) >= 11 is 13.1. The number of nitrogens with one attached hydrogen (secondary N) is 2. The summed E-state index contributed by atoms with van der Waals surface area (Å²) in [6.45, 7) is 1.87. The van der Waals surface area contributed by atoms with E-state index >= 15 is 0 Å². The molecule has 0 saturated carbocycles. The van der Waals surface area contributed by atoms with Gasteiger partial charge in [-0.3, -0.25) is 5.32 Å². The number of hydrogen-bond donors (Lipinski definition) is 2. The molecule has 2 aromatic carbocycles. The zero-order chi connectivity index (χ0) is 18.5. The number of benzene rings is 2.